The molecular formula is C12H10ClN5OS. The highest BCUT2D eigenvalue weighted by atomic mass is 35.5. The molecule has 2 aromatic rings. The Morgan fingerprint density at radius 2 is 2.45 bits per heavy atom. The number of halogens is 1. The van der Waals surface area contributed by atoms with Crippen LogP contribution in [0.15, 0.2) is 23.3 Å². The summed E-state index contributed by atoms with van der Waals surface area (Å²) >= 11 is 7.39. The van der Waals surface area contributed by atoms with Crippen LogP contribution in [0.5, 0.6) is 0 Å². The molecule has 20 heavy (non-hydrogen) atoms. The van der Waals surface area contributed by atoms with Gasteiger partial charge in [-0.25, -0.2) is 4.98 Å². The molecule has 0 radical (unpaired) electrons. The summed E-state index contributed by atoms with van der Waals surface area (Å²) in [5.74, 6) is 0.0855. The van der Waals surface area contributed by atoms with Crippen molar-refractivity contribution in [2.45, 2.75) is 6.42 Å². The van der Waals surface area contributed by atoms with E-state index in [4.69, 9.17) is 17.1 Å². The van der Waals surface area contributed by atoms with Crippen molar-refractivity contribution >= 4 is 44.2 Å². The van der Waals surface area contributed by atoms with Crippen LogP contribution in [0.2, 0.25) is 5.02 Å². The van der Waals surface area contributed by atoms with Gasteiger partial charge in [0.1, 0.15) is 0 Å². The molecule has 1 atom stereocenters. The number of hydrogen-bond acceptors (Lipinski definition) is 4. The Morgan fingerprint density at radius 1 is 1.60 bits per heavy atom. The average Bonchev–Trinajstić information content (AvgIpc) is 2.99. The summed E-state index contributed by atoms with van der Waals surface area (Å²) in [4.78, 5) is 20.9. The lowest BCUT2D eigenvalue weighted by molar-refractivity contribution is -0.117. The molecule has 0 aliphatic carbocycles. The lowest BCUT2D eigenvalue weighted by Crippen LogP contribution is -2.24. The van der Waals surface area contributed by atoms with Crippen LogP contribution in [0.4, 0.5) is 5.13 Å². The smallest absolute Gasteiger partial charge is 0.229 e. The maximum atomic E-state index is 12.0. The minimum atomic E-state index is 0.0216. The van der Waals surface area contributed by atoms with Crippen molar-refractivity contribution in [2.75, 3.05) is 18.0 Å². The normalized spacial score (nSPS) is 18.6. The van der Waals surface area contributed by atoms with Crippen molar-refractivity contribution in [3.05, 3.63) is 33.7 Å². The Balaban J connectivity index is 1.87. The summed E-state index contributed by atoms with van der Waals surface area (Å²) in [6.07, 6.45) is 0.399. The second kappa shape index (κ2) is 5.28. The second-order valence-corrected chi connectivity index (χ2v) is 6.04. The summed E-state index contributed by atoms with van der Waals surface area (Å²) in [5, 5.41) is 4.87. The van der Waals surface area contributed by atoms with Gasteiger partial charge in [0.15, 0.2) is 5.13 Å². The first-order valence-electron chi connectivity index (χ1n) is 6.04. The van der Waals surface area contributed by atoms with E-state index in [2.05, 4.69) is 15.0 Å². The van der Waals surface area contributed by atoms with Crippen LogP contribution in [-0.4, -0.2) is 24.0 Å². The molecule has 1 aliphatic rings. The topological polar surface area (TPSA) is 82.0 Å². The maximum absolute atomic E-state index is 12.0. The number of amides is 1. The third-order valence-electron chi connectivity index (χ3n) is 3.18. The zero-order chi connectivity index (χ0) is 14.1. The van der Waals surface area contributed by atoms with Gasteiger partial charge < -0.3 is 0 Å². The molecule has 1 aliphatic heterocycles. The van der Waals surface area contributed by atoms with E-state index in [0.717, 1.165) is 10.2 Å². The summed E-state index contributed by atoms with van der Waals surface area (Å²) < 4.78 is 0.957. The van der Waals surface area contributed by atoms with Crippen molar-refractivity contribution in [3.8, 4) is 0 Å². The zero-order valence-corrected chi connectivity index (χ0v) is 11.9. The molecular weight excluding hydrogens is 298 g/mol. The number of hydrogen-bond donors (Lipinski definition) is 0. The third-order valence-corrected chi connectivity index (χ3v) is 4.45. The van der Waals surface area contributed by atoms with Crippen molar-refractivity contribution in [1.29, 1.82) is 0 Å². The van der Waals surface area contributed by atoms with Gasteiger partial charge in [0.05, 0.1) is 10.2 Å². The minimum absolute atomic E-state index is 0.0216. The number of thiazole rings is 1. The molecule has 3 rings (SSSR count). The first kappa shape index (κ1) is 13.2. The number of azide groups is 1. The third kappa shape index (κ3) is 2.43. The van der Waals surface area contributed by atoms with Crippen molar-refractivity contribution in [3.63, 3.8) is 0 Å². The Bertz CT molecular complexity index is 724. The van der Waals surface area contributed by atoms with Crippen LogP contribution in [0, 0.1) is 5.92 Å². The van der Waals surface area contributed by atoms with Gasteiger partial charge >= 0.3 is 0 Å². The number of benzene rings is 1. The number of fused-ring (bicyclic) bond motifs is 1. The predicted octanol–water partition coefficient (Wildman–Crippen LogP) is 3.61. The maximum Gasteiger partial charge on any atom is 0.229 e. The Hall–Kier alpha value is -1.82. The Morgan fingerprint density at radius 3 is 3.25 bits per heavy atom. The predicted molar refractivity (Wildman–Crippen MR) is 79.1 cm³/mol. The van der Waals surface area contributed by atoms with Crippen molar-refractivity contribution in [2.24, 2.45) is 11.0 Å². The molecule has 0 N–H and O–H groups in total. The van der Waals surface area contributed by atoms with Crippen molar-refractivity contribution < 1.29 is 4.79 Å². The van der Waals surface area contributed by atoms with Gasteiger partial charge in [-0.2, -0.15) is 0 Å². The molecule has 102 valence electrons. The monoisotopic (exact) mass is 307 g/mol. The molecule has 0 saturated carbocycles. The van der Waals surface area contributed by atoms with E-state index in [0.29, 0.717) is 29.7 Å². The standard InChI is InChI=1S/C12H10ClN5OS/c13-8-1-2-9-10(4-8)20-12(16-9)18-6-7(3-11(18)19)5-15-17-14/h1-2,4,7H,3,5-6H2. The van der Waals surface area contributed by atoms with Gasteiger partial charge in [-0.1, -0.05) is 28.1 Å². The molecule has 1 amide bonds. The van der Waals surface area contributed by atoms with E-state index in [-0.39, 0.29) is 11.8 Å². The van der Waals surface area contributed by atoms with Crippen LogP contribution in [0.1, 0.15) is 6.42 Å². The van der Waals surface area contributed by atoms with Gasteiger partial charge in [0.2, 0.25) is 5.91 Å². The molecule has 0 bridgehead atoms. The molecule has 1 aromatic carbocycles. The number of carbonyl (C=O) groups is 1. The van der Waals surface area contributed by atoms with E-state index < -0.39 is 0 Å². The first-order valence-corrected chi connectivity index (χ1v) is 7.24. The number of carbonyl (C=O) groups excluding carboxylic acids is 1. The molecule has 6 nitrogen and oxygen atoms in total. The van der Waals surface area contributed by atoms with Crippen LogP contribution in [0.3, 0.4) is 0 Å². The number of anilines is 1. The number of aromatic nitrogens is 1. The highest BCUT2D eigenvalue weighted by molar-refractivity contribution is 7.22. The van der Waals surface area contributed by atoms with Gasteiger partial charge in [0, 0.05) is 29.4 Å². The van der Waals surface area contributed by atoms with Gasteiger partial charge in [-0.05, 0) is 29.6 Å². The summed E-state index contributed by atoms with van der Waals surface area (Å²) in [6.45, 7) is 0.890. The highest BCUT2D eigenvalue weighted by Crippen LogP contribution is 2.33. The van der Waals surface area contributed by atoms with Crippen LogP contribution in [0.25, 0.3) is 20.7 Å². The highest BCUT2D eigenvalue weighted by Gasteiger charge is 2.31. The quantitative estimate of drug-likeness (QED) is 0.493. The zero-order valence-electron chi connectivity index (χ0n) is 10.4. The first-order chi connectivity index (χ1) is 9.67. The van der Waals surface area contributed by atoms with Gasteiger partial charge in [-0.3, -0.25) is 9.69 Å². The fourth-order valence-electron chi connectivity index (χ4n) is 2.24. The molecule has 1 unspecified atom stereocenters. The summed E-state index contributed by atoms with van der Waals surface area (Å²) in [5.41, 5.74) is 9.17. The van der Waals surface area contributed by atoms with E-state index in [1.54, 1.807) is 11.0 Å². The Labute approximate surface area is 123 Å². The average molecular weight is 308 g/mol. The lowest BCUT2D eigenvalue weighted by Gasteiger charge is -2.11. The molecule has 1 saturated heterocycles. The van der Waals surface area contributed by atoms with Crippen LogP contribution < -0.4 is 4.90 Å². The fraction of sp³-hybridized carbons (Fsp3) is 0.333. The minimum Gasteiger partial charge on any atom is -0.288 e. The summed E-state index contributed by atoms with van der Waals surface area (Å²) in [6, 6.07) is 5.47. The molecule has 8 heteroatoms. The van der Waals surface area contributed by atoms with E-state index in [1.165, 1.54) is 11.3 Å². The number of rotatable bonds is 3. The second-order valence-electron chi connectivity index (χ2n) is 4.60. The molecule has 0 spiro atoms. The fourth-order valence-corrected chi connectivity index (χ4v) is 3.51. The lowest BCUT2D eigenvalue weighted by atomic mass is 10.1. The number of nitrogens with zero attached hydrogens (tertiary/aromatic N) is 5. The van der Waals surface area contributed by atoms with E-state index in [1.807, 2.05) is 12.1 Å². The van der Waals surface area contributed by atoms with Crippen molar-refractivity contribution in [1.82, 2.24) is 4.98 Å². The Kier molecular flexibility index (Phi) is 3.48. The summed E-state index contributed by atoms with van der Waals surface area (Å²) in [7, 11) is 0. The van der Waals surface area contributed by atoms with Crippen LogP contribution >= 0.6 is 22.9 Å². The molecule has 1 aromatic heterocycles. The van der Waals surface area contributed by atoms with E-state index >= 15 is 0 Å². The SMILES string of the molecule is [N-]=[N+]=NCC1CC(=O)N(c2nc3ccc(Cl)cc3s2)C1. The van der Waals surface area contributed by atoms with Gasteiger partial charge in [-0.15, -0.1) is 0 Å². The largest absolute Gasteiger partial charge is 0.288 e. The van der Waals surface area contributed by atoms with Crippen LogP contribution in [-0.2, 0) is 4.79 Å². The molecule has 1 fully saturated rings. The molecule has 2 heterocycles. The van der Waals surface area contributed by atoms with Gasteiger partial charge in [0.25, 0.3) is 0 Å². The van der Waals surface area contributed by atoms with E-state index in [9.17, 15) is 4.79 Å².